The molecular formula is C23H30N4O4. The highest BCUT2D eigenvalue weighted by molar-refractivity contribution is 5.92. The molecule has 1 amide bonds. The van der Waals surface area contributed by atoms with Crippen molar-refractivity contribution in [2.75, 3.05) is 38.3 Å². The summed E-state index contributed by atoms with van der Waals surface area (Å²) in [6, 6.07) is 13.1. The first-order valence-electron chi connectivity index (χ1n) is 10.3. The summed E-state index contributed by atoms with van der Waals surface area (Å²) < 4.78 is 10.0. The van der Waals surface area contributed by atoms with Crippen molar-refractivity contribution in [2.24, 2.45) is 0 Å². The summed E-state index contributed by atoms with van der Waals surface area (Å²) in [5.41, 5.74) is 2.50. The highest BCUT2D eigenvalue weighted by Crippen LogP contribution is 2.33. The average Bonchev–Trinajstić information content (AvgIpc) is 3.21. The zero-order valence-electron chi connectivity index (χ0n) is 17.7. The summed E-state index contributed by atoms with van der Waals surface area (Å²) in [6.07, 6.45) is 0.338. The summed E-state index contributed by atoms with van der Waals surface area (Å²) in [4.78, 5) is 23.6. The van der Waals surface area contributed by atoms with E-state index in [9.17, 15) is 9.90 Å². The molecular weight excluding hydrogens is 396 g/mol. The molecule has 0 saturated carbocycles. The molecule has 0 unspecified atom stereocenters. The zero-order valence-corrected chi connectivity index (χ0v) is 17.7. The van der Waals surface area contributed by atoms with Crippen LogP contribution in [0.15, 0.2) is 42.5 Å². The Hall–Kier alpha value is -3.39. The third-order valence-electron chi connectivity index (χ3n) is 5.31. The van der Waals surface area contributed by atoms with E-state index in [0.29, 0.717) is 24.5 Å². The number of alkyl carbamates (subject to hydrolysis) is 1. The van der Waals surface area contributed by atoms with Crippen LogP contribution in [0.5, 0.6) is 5.75 Å². The van der Waals surface area contributed by atoms with Crippen LogP contribution < -0.4 is 10.2 Å². The normalized spacial score (nSPS) is 15.9. The number of ether oxygens (including phenoxy) is 2. The lowest BCUT2D eigenvalue weighted by molar-refractivity contribution is 0.0969. The topological polar surface area (TPSA) is 96.8 Å². The molecule has 166 valence electrons. The SMILES string of the molecule is COCCOC(=O)N[C@@H]1CCN(c2nc(-c3ccccc3O)nc3cc(C)ccc23)C1.[HH].[HH]. The number of benzene rings is 2. The Balaban J connectivity index is 0.00000193. The van der Waals surface area contributed by atoms with Crippen LogP contribution in [0.3, 0.4) is 0 Å². The third kappa shape index (κ3) is 4.69. The van der Waals surface area contributed by atoms with Gasteiger partial charge in [-0.05, 0) is 43.2 Å². The van der Waals surface area contributed by atoms with Crippen LogP contribution in [-0.2, 0) is 9.47 Å². The fourth-order valence-electron chi connectivity index (χ4n) is 3.74. The number of hydrogen-bond donors (Lipinski definition) is 2. The van der Waals surface area contributed by atoms with Gasteiger partial charge in [-0.3, -0.25) is 0 Å². The second-order valence-electron chi connectivity index (χ2n) is 7.61. The molecule has 8 heteroatoms. The second-order valence-corrected chi connectivity index (χ2v) is 7.61. The maximum Gasteiger partial charge on any atom is 0.407 e. The predicted octanol–water partition coefficient (Wildman–Crippen LogP) is 3.75. The van der Waals surface area contributed by atoms with E-state index in [-0.39, 0.29) is 21.3 Å². The average molecular weight is 427 g/mol. The van der Waals surface area contributed by atoms with Gasteiger partial charge in [-0.1, -0.05) is 18.2 Å². The van der Waals surface area contributed by atoms with E-state index in [1.54, 1.807) is 25.3 Å². The molecule has 1 aromatic heterocycles. The van der Waals surface area contributed by atoms with Gasteiger partial charge >= 0.3 is 6.09 Å². The fourth-order valence-corrected chi connectivity index (χ4v) is 3.74. The molecule has 2 aromatic carbocycles. The fraction of sp³-hybridized carbons (Fsp3) is 0.348. The lowest BCUT2D eigenvalue weighted by Crippen LogP contribution is -2.38. The second kappa shape index (κ2) is 9.18. The van der Waals surface area contributed by atoms with Gasteiger partial charge in [-0.2, -0.15) is 0 Å². The van der Waals surface area contributed by atoms with Crippen LogP contribution in [0.25, 0.3) is 22.3 Å². The number of methoxy groups -OCH3 is 1. The van der Waals surface area contributed by atoms with Crippen molar-refractivity contribution in [1.29, 1.82) is 0 Å². The maximum absolute atomic E-state index is 12.0. The molecule has 2 N–H and O–H groups in total. The molecule has 2 heterocycles. The number of amides is 1. The standard InChI is InChI=1S/C23H26N4O4.2H2/c1-15-7-8-17-19(13-15)25-21(18-5-3-4-6-20(18)28)26-22(17)27-10-9-16(14-27)24-23(29)31-12-11-30-2;;/h3-8,13,16,28H,9-12,14H2,1-2H3,(H,24,29);2*1H/t16-;;/m1../s1. The summed E-state index contributed by atoms with van der Waals surface area (Å²) >= 11 is 0. The number of para-hydroxylation sites is 1. The van der Waals surface area contributed by atoms with Gasteiger partial charge in [0, 0.05) is 28.4 Å². The van der Waals surface area contributed by atoms with E-state index >= 15 is 0 Å². The van der Waals surface area contributed by atoms with Crippen molar-refractivity contribution >= 4 is 22.8 Å². The Labute approximate surface area is 183 Å². The zero-order chi connectivity index (χ0) is 21.8. The number of rotatable bonds is 6. The molecule has 0 bridgehead atoms. The number of aromatic nitrogens is 2. The number of nitrogens with one attached hydrogen (secondary N) is 1. The number of phenols is 1. The first-order chi connectivity index (χ1) is 15.0. The number of phenolic OH excluding ortho intramolecular Hbond substituents is 1. The van der Waals surface area contributed by atoms with Gasteiger partial charge < -0.3 is 24.8 Å². The van der Waals surface area contributed by atoms with E-state index < -0.39 is 6.09 Å². The Morgan fingerprint density at radius 2 is 2.10 bits per heavy atom. The van der Waals surface area contributed by atoms with Crippen molar-refractivity contribution in [3.8, 4) is 17.1 Å². The molecule has 1 saturated heterocycles. The monoisotopic (exact) mass is 426 g/mol. The van der Waals surface area contributed by atoms with E-state index in [1.165, 1.54) is 0 Å². The first kappa shape index (κ1) is 20.9. The number of fused-ring (bicyclic) bond motifs is 1. The quantitative estimate of drug-likeness (QED) is 0.579. The molecule has 1 aliphatic rings. The van der Waals surface area contributed by atoms with Crippen LogP contribution in [0, 0.1) is 6.92 Å². The third-order valence-corrected chi connectivity index (χ3v) is 5.31. The Kier molecular flexibility index (Phi) is 6.18. The number of carbonyl (C=O) groups excluding carboxylic acids is 1. The van der Waals surface area contributed by atoms with Gasteiger partial charge in [-0.25, -0.2) is 14.8 Å². The molecule has 1 atom stereocenters. The molecule has 8 nitrogen and oxygen atoms in total. The predicted molar refractivity (Wildman–Crippen MR) is 123 cm³/mol. The number of carbonyl (C=O) groups is 1. The van der Waals surface area contributed by atoms with Gasteiger partial charge in [0.2, 0.25) is 0 Å². The Bertz CT molecular complexity index is 1100. The van der Waals surface area contributed by atoms with Crippen LogP contribution in [0.1, 0.15) is 14.8 Å². The van der Waals surface area contributed by atoms with Gasteiger partial charge in [0.05, 0.1) is 23.7 Å². The van der Waals surface area contributed by atoms with Gasteiger partial charge in [0.15, 0.2) is 5.82 Å². The molecule has 1 aliphatic heterocycles. The van der Waals surface area contributed by atoms with E-state index in [4.69, 9.17) is 19.4 Å². The van der Waals surface area contributed by atoms with Gasteiger partial charge in [0.1, 0.15) is 18.2 Å². The van der Waals surface area contributed by atoms with Crippen molar-refractivity contribution < 1.29 is 22.2 Å². The molecule has 31 heavy (non-hydrogen) atoms. The van der Waals surface area contributed by atoms with Crippen molar-refractivity contribution in [1.82, 2.24) is 15.3 Å². The lowest BCUT2D eigenvalue weighted by Gasteiger charge is -2.21. The van der Waals surface area contributed by atoms with Gasteiger partial charge in [-0.15, -0.1) is 0 Å². The summed E-state index contributed by atoms with van der Waals surface area (Å²) in [5, 5.41) is 14.2. The first-order valence-corrected chi connectivity index (χ1v) is 10.3. The molecule has 0 spiro atoms. The smallest absolute Gasteiger partial charge is 0.407 e. The summed E-state index contributed by atoms with van der Waals surface area (Å²) in [5.74, 6) is 1.40. The number of hydrogen-bond acceptors (Lipinski definition) is 7. The lowest BCUT2D eigenvalue weighted by atomic mass is 10.1. The molecule has 0 aliphatic carbocycles. The van der Waals surface area contributed by atoms with Crippen molar-refractivity contribution in [3.63, 3.8) is 0 Å². The summed E-state index contributed by atoms with van der Waals surface area (Å²) in [7, 11) is 1.56. The minimum atomic E-state index is -0.443. The van der Waals surface area contributed by atoms with Crippen LogP contribution in [0.4, 0.5) is 10.6 Å². The van der Waals surface area contributed by atoms with E-state index in [2.05, 4.69) is 10.2 Å². The maximum atomic E-state index is 12.0. The number of aryl methyl sites for hydroxylation is 1. The van der Waals surface area contributed by atoms with E-state index in [0.717, 1.165) is 35.2 Å². The highest BCUT2D eigenvalue weighted by Gasteiger charge is 2.27. The molecule has 1 fully saturated rings. The Morgan fingerprint density at radius 1 is 1.26 bits per heavy atom. The number of aromatic hydroxyl groups is 1. The van der Waals surface area contributed by atoms with Gasteiger partial charge in [0.25, 0.3) is 0 Å². The molecule has 4 rings (SSSR count). The van der Waals surface area contributed by atoms with Crippen molar-refractivity contribution in [2.45, 2.75) is 19.4 Å². The number of anilines is 1. The Morgan fingerprint density at radius 3 is 2.90 bits per heavy atom. The van der Waals surface area contributed by atoms with Crippen LogP contribution >= 0.6 is 0 Å². The highest BCUT2D eigenvalue weighted by atomic mass is 16.6. The molecule has 3 aromatic rings. The van der Waals surface area contributed by atoms with E-state index in [1.807, 2.05) is 31.2 Å². The minimum Gasteiger partial charge on any atom is -0.507 e. The minimum absolute atomic E-state index is 0. The number of nitrogens with zero attached hydrogens (tertiary/aromatic N) is 3. The largest absolute Gasteiger partial charge is 0.507 e. The van der Waals surface area contributed by atoms with Crippen molar-refractivity contribution in [3.05, 3.63) is 48.0 Å². The molecule has 0 radical (unpaired) electrons. The van der Waals surface area contributed by atoms with Crippen LogP contribution in [0.2, 0.25) is 0 Å². The summed E-state index contributed by atoms with van der Waals surface area (Å²) in [6.45, 7) is 3.96. The van der Waals surface area contributed by atoms with Crippen LogP contribution in [-0.4, -0.2) is 60.6 Å².